The zero-order valence-corrected chi connectivity index (χ0v) is 10.1. The van der Waals surface area contributed by atoms with Crippen LogP contribution in [0.15, 0.2) is 10.9 Å². The summed E-state index contributed by atoms with van der Waals surface area (Å²) in [7, 11) is 1.65. The molecule has 2 heterocycles. The van der Waals surface area contributed by atoms with Gasteiger partial charge >= 0.3 is 5.97 Å². The van der Waals surface area contributed by atoms with E-state index in [1.165, 1.54) is 10.6 Å². The molecule has 5 heteroatoms. The van der Waals surface area contributed by atoms with Crippen molar-refractivity contribution in [2.45, 2.75) is 19.9 Å². The SMILES string of the molecule is CCN1CCc2c(cc(C(=O)O)c(=O)n2C)C1. The smallest absolute Gasteiger partial charge is 0.341 e. The molecule has 2 rings (SSSR count). The Morgan fingerprint density at radius 3 is 2.82 bits per heavy atom. The molecule has 0 radical (unpaired) electrons. The van der Waals surface area contributed by atoms with Crippen LogP contribution >= 0.6 is 0 Å². The molecule has 0 unspecified atom stereocenters. The molecule has 1 aromatic rings. The molecule has 0 atom stereocenters. The van der Waals surface area contributed by atoms with Crippen LogP contribution in [0.4, 0.5) is 0 Å². The van der Waals surface area contributed by atoms with Crippen LogP contribution in [0, 0.1) is 0 Å². The van der Waals surface area contributed by atoms with Crippen molar-refractivity contribution in [3.63, 3.8) is 0 Å². The molecule has 1 N–H and O–H groups in total. The molecule has 0 amide bonds. The fourth-order valence-electron chi connectivity index (χ4n) is 2.31. The number of nitrogens with zero attached hydrogens (tertiary/aromatic N) is 2. The molecule has 1 aliphatic heterocycles. The highest BCUT2D eigenvalue weighted by Gasteiger charge is 2.21. The summed E-state index contributed by atoms with van der Waals surface area (Å²) in [6.07, 6.45) is 0.800. The van der Waals surface area contributed by atoms with E-state index in [0.29, 0.717) is 0 Å². The molecule has 17 heavy (non-hydrogen) atoms. The highest BCUT2D eigenvalue weighted by molar-refractivity contribution is 5.87. The van der Waals surface area contributed by atoms with E-state index in [1.54, 1.807) is 7.05 Å². The van der Waals surface area contributed by atoms with Crippen LogP contribution in [0.5, 0.6) is 0 Å². The number of aromatic nitrogens is 1. The van der Waals surface area contributed by atoms with Crippen LogP contribution in [0.3, 0.4) is 0 Å². The summed E-state index contributed by atoms with van der Waals surface area (Å²) < 4.78 is 1.48. The third-order valence-electron chi connectivity index (χ3n) is 3.37. The van der Waals surface area contributed by atoms with Crippen molar-refractivity contribution in [1.82, 2.24) is 9.47 Å². The minimum Gasteiger partial charge on any atom is -0.477 e. The molecule has 1 aliphatic rings. The Labute approximate surface area is 99.3 Å². The van der Waals surface area contributed by atoms with E-state index in [0.717, 1.165) is 37.3 Å². The normalized spacial score (nSPS) is 15.6. The number of carbonyl (C=O) groups is 1. The third-order valence-corrected chi connectivity index (χ3v) is 3.37. The number of aromatic carboxylic acids is 1. The van der Waals surface area contributed by atoms with Crippen LogP contribution in [-0.4, -0.2) is 33.6 Å². The summed E-state index contributed by atoms with van der Waals surface area (Å²) in [6, 6.07) is 1.53. The largest absolute Gasteiger partial charge is 0.477 e. The van der Waals surface area contributed by atoms with Gasteiger partial charge in [0.25, 0.3) is 5.56 Å². The lowest BCUT2D eigenvalue weighted by molar-refractivity contribution is 0.0693. The van der Waals surface area contributed by atoms with E-state index in [2.05, 4.69) is 11.8 Å². The van der Waals surface area contributed by atoms with Gasteiger partial charge < -0.3 is 9.67 Å². The third kappa shape index (κ3) is 1.98. The van der Waals surface area contributed by atoms with Gasteiger partial charge in [0.15, 0.2) is 0 Å². The fourth-order valence-corrected chi connectivity index (χ4v) is 2.31. The van der Waals surface area contributed by atoms with E-state index < -0.39 is 11.5 Å². The van der Waals surface area contributed by atoms with Gasteiger partial charge in [0.05, 0.1) is 0 Å². The first-order valence-corrected chi connectivity index (χ1v) is 5.72. The number of carboxylic acids is 1. The molecule has 1 aromatic heterocycles. The van der Waals surface area contributed by atoms with Crippen LogP contribution in [0.1, 0.15) is 28.5 Å². The van der Waals surface area contributed by atoms with Gasteiger partial charge in [-0.05, 0) is 18.2 Å². The second-order valence-corrected chi connectivity index (χ2v) is 4.32. The standard InChI is InChI=1S/C12H16N2O3/c1-3-14-5-4-10-8(7-14)6-9(12(16)17)11(15)13(10)2/h6H,3-5,7H2,1-2H3,(H,16,17). The lowest BCUT2D eigenvalue weighted by Crippen LogP contribution is -2.36. The Morgan fingerprint density at radius 2 is 2.24 bits per heavy atom. The quantitative estimate of drug-likeness (QED) is 0.810. The van der Waals surface area contributed by atoms with Crippen LogP contribution < -0.4 is 5.56 Å². The zero-order chi connectivity index (χ0) is 12.6. The van der Waals surface area contributed by atoms with E-state index in [4.69, 9.17) is 5.11 Å². The number of likely N-dealkylation sites (N-methyl/N-ethyl adjacent to an activating group) is 1. The molecule has 0 bridgehead atoms. The topological polar surface area (TPSA) is 62.5 Å². The van der Waals surface area contributed by atoms with Crippen molar-refractivity contribution in [1.29, 1.82) is 0 Å². The molecule has 0 saturated carbocycles. The average molecular weight is 236 g/mol. The molecule has 92 valence electrons. The van der Waals surface area contributed by atoms with Crippen molar-refractivity contribution in [3.05, 3.63) is 33.2 Å². The van der Waals surface area contributed by atoms with Crippen molar-refractivity contribution >= 4 is 5.97 Å². The molecule has 0 aliphatic carbocycles. The minimum absolute atomic E-state index is 0.135. The number of hydrogen-bond acceptors (Lipinski definition) is 3. The van der Waals surface area contributed by atoms with Gasteiger partial charge in [-0.3, -0.25) is 9.69 Å². The second kappa shape index (κ2) is 4.33. The van der Waals surface area contributed by atoms with Gasteiger partial charge in [-0.15, -0.1) is 0 Å². The molecular formula is C12H16N2O3. The maximum absolute atomic E-state index is 11.8. The Bertz CT molecular complexity index is 519. The first-order valence-electron chi connectivity index (χ1n) is 5.72. The van der Waals surface area contributed by atoms with Crippen LogP contribution in [0.2, 0.25) is 0 Å². The number of hydrogen-bond donors (Lipinski definition) is 1. The first kappa shape index (κ1) is 11.9. The van der Waals surface area contributed by atoms with Gasteiger partial charge in [0, 0.05) is 32.3 Å². The molecule has 0 spiro atoms. The molecule has 5 nitrogen and oxygen atoms in total. The van der Waals surface area contributed by atoms with Gasteiger partial charge in [-0.25, -0.2) is 4.79 Å². The fraction of sp³-hybridized carbons (Fsp3) is 0.500. The molecular weight excluding hydrogens is 220 g/mol. The van der Waals surface area contributed by atoms with Crippen LogP contribution in [0.25, 0.3) is 0 Å². The van der Waals surface area contributed by atoms with E-state index >= 15 is 0 Å². The number of rotatable bonds is 2. The lowest BCUT2D eigenvalue weighted by atomic mass is 10.0. The lowest BCUT2D eigenvalue weighted by Gasteiger charge is -2.28. The second-order valence-electron chi connectivity index (χ2n) is 4.32. The summed E-state index contributed by atoms with van der Waals surface area (Å²) in [4.78, 5) is 25.0. The molecule has 0 aromatic carbocycles. The number of fused-ring (bicyclic) bond motifs is 1. The number of pyridine rings is 1. The van der Waals surface area contributed by atoms with Gasteiger partial charge in [0.1, 0.15) is 5.56 Å². The van der Waals surface area contributed by atoms with Gasteiger partial charge in [-0.2, -0.15) is 0 Å². The monoisotopic (exact) mass is 236 g/mol. The van der Waals surface area contributed by atoms with Gasteiger partial charge in [0.2, 0.25) is 0 Å². The van der Waals surface area contributed by atoms with Crippen molar-refractivity contribution in [2.24, 2.45) is 7.05 Å². The predicted molar refractivity (Wildman–Crippen MR) is 63.3 cm³/mol. The Morgan fingerprint density at radius 1 is 1.53 bits per heavy atom. The van der Waals surface area contributed by atoms with Crippen LogP contribution in [-0.2, 0) is 20.0 Å². The Kier molecular flexibility index (Phi) is 3.02. The van der Waals surface area contributed by atoms with E-state index in [9.17, 15) is 9.59 Å². The zero-order valence-electron chi connectivity index (χ0n) is 10.1. The predicted octanol–water partition coefficient (Wildman–Crippen LogP) is 0.461. The Hall–Kier alpha value is -1.62. The minimum atomic E-state index is -1.15. The highest BCUT2D eigenvalue weighted by atomic mass is 16.4. The Balaban J connectivity index is 2.55. The highest BCUT2D eigenvalue weighted by Crippen LogP contribution is 2.17. The summed E-state index contributed by atoms with van der Waals surface area (Å²) in [6.45, 7) is 4.65. The maximum Gasteiger partial charge on any atom is 0.341 e. The number of carboxylic acid groups (broad SMARTS) is 1. The summed E-state index contributed by atoms with van der Waals surface area (Å²) in [5.41, 5.74) is 1.37. The maximum atomic E-state index is 11.8. The molecule has 0 fully saturated rings. The summed E-state index contributed by atoms with van der Waals surface area (Å²) in [5.74, 6) is -1.15. The summed E-state index contributed by atoms with van der Waals surface area (Å²) >= 11 is 0. The first-order chi connectivity index (χ1) is 8.04. The average Bonchev–Trinajstić information content (AvgIpc) is 2.32. The van der Waals surface area contributed by atoms with E-state index in [1.807, 2.05) is 0 Å². The van der Waals surface area contributed by atoms with Crippen molar-refractivity contribution < 1.29 is 9.90 Å². The van der Waals surface area contributed by atoms with Crippen molar-refractivity contribution in [3.8, 4) is 0 Å². The molecule has 0 saturated heterocycles. The van der Waals surface area contributed by atoms with Gasteiger partial charge in [-0.1, -0.05) is 6.92 Å². The van der Waals surface area contributed by atoms with E-state index in [-0.39, 0.29) is 5.56 Å². The van der Waals surface area contributed by atoms with Crippen molar-refractivity contribution in [2.75, 3.05) is 13.1 Å². The summed E-state index contributed by atoms with van der Waals surface area (Å²) in [5, 5.41) is 8.99.